The first-order valence-electron chi connectivity index (χ1n) is 13.2. The Labute approximate surface area is 201 Å². The topological polar surface area (TPSA) is 62.6 Å². The third-order valence-corrected chi connectivity index (χ3v) is 9.27. The fourth-order valence-electron chi connectivity index (χ4n) is 8.11. The van der Waals surface area contributed by atoms with Gasteiger partial charge in [-0.15, -0.1) is 0 Å². The van der Waals surface area contributed by atoms with Gasteiger partial charge in [0, 0.05) is 0 Å². The van der Waals surface area contributed by atoms with E-state index in [2.05, 4.69) is 69.2 Å². The van der Waals surface area contributed by atoms with E-state index in [1.165, 1.54) is 0 Å². The zero-order chi connectivity index (χ0) is 24.3. The van der Waals surface area contributed by atoms with Crippen molar-refractivity contribution in [3.63, 3.8) is 0 Å². The molecule has 5 heteroatoms. The minimum atomic E-state index is -0.102. The summed E-state index contributed by atoms with van der Waals surface area (Å²) in [5.74, 6) is 0. The van der Waals surface area contributed by atoms with Gasteiger partial charge in [0.05, 0.1) is 61.0 Å². The Morgan fingerprint density at radius 3 is 1.48 bits per heavy atom. The largest absolute Gasteiger partial charge is 0.373 e. The van der Waals surface area contributed by atoms with Gasteiger partial charge in [0.2, 0.25) is 0 Å². The third kappa shape index (κ3) is 4.79. The molecule has 5 saturated heterocycles. The highest BCUT2D eigenvalue weighted by Gasteiger charge is 2.67. The summed E-state index contributed by atoms with van der Waals surface area (Å²) in [5.41, 5.74) is 0.278. The summed E-state index contributed by atoms with van der Waals surface area (Å²) in [6.45, 7) is 25.9. The standard InChI is InChI=1S/C28H48O5/c1-22(2,3)20-27(9,32-20)15-24(6,18-11-29-18)14-25(7,19-12-30-19)16-28(10)21(33-28)23(4,5)13-26(8)17-31-26/h18-21H,11-17H2,1-10H3. The first kappa shape index (κ1) is 24.5. The number of hydrogen-bond acceptors (Lipinski definition) is 5. The van der Waals surface area contributed by atoms with Crippen LogP contribution in [0.2, 0.25) is 0 Å². The first-order chi connectivity index (χ1) is 14.9. The van der Waals surface area contributed by atoms with Gasteiger partial charge in [0.1, 0.15) is 0 Å². The van der Waals surface area contributed by atoms with Crippen LogP contribution in [0.15, 0.2) is 0 Å². The van der Waals surface area contributed by atoms with E-state index in [-0.39, 0.29) is 44.6 Å². The Hall–Kier alpha value is -0.200. The molecule has 190 valence electrons. The van der Waals surface area contributed by atoms with Crippen LogP contribution in [-0.2, 0) is 23.7 Å². The molecule has 0 aromatic carbocycles. The molecule has 0 aromatic heterocycles. The maximum absolute atomic E-state index is 6.52. The molecular weight excluding hydrogens is 416 g/mol. The van der Waals surface area contributed by atoms with Crippen LogP contribution in [0.1, 0.15) is 94.9 Å². The predicted molar refractivity (Wildman–Crippen MR) is 128 cm³/mol. The predicted octanol–water partition coefficient (Wildman–Crippen LogP) is 5.53. The quantitative estimate of drug-likeness (QED) is 0.376. The molecule has 0 radical (unpaired) electrons. The lowest BCUT2D eigenvalue weighted by molar-refractivity contribution is 0.0459. The molecule has 0 bridgehead atoms. The highest BCUT2D eigenvalue weighted by Crippen LogP contribution is 2.62. The summed E-state index contributed by atoms with van der Waals surface area (Å²) in [5, 5.41) is 0. The van der Waals surface area contributed by atoms with Crippen molar-refractivity contribution in [2.24, 2.45) is 21.7 Å². The van der Waals surface area contributed by atoms with E-state index < -0.39 is 0 Å². The molecule has 5 nitrogen and oxygen atoms in total. The number of hydrogen-bond donors (Lipinski definition) is 0. The summed E-state index contributed by atoms with van der Waals surface area (Å²) in [6, 6.07) is 0. The summed E-state index contributed by atoms with van der Waals surface area (Å²) >= 11 is 0. The minimum absolute atomic E-state index is 0.0461. The zero-order valence-electron chi connectivity index (χ0n) is 22.8. The molecule has 9 atom stereocenters. The van der Waals surface area contributed by atoms with Crippen molar-refractivity contribution >= 4 is 0 Å². The lowest BCUT2D eigenvalue weighted by atomic mass is 9.62. The SMILES string of the molecule is CC1(CC(C)(C)C2OC2(C)CC(C)(CC(C)(CC2(C)OC2C(C)(C)C)C2CO2)C2CO2)CO1. The van der Waals surface area contributed by atoms with Gasteiger partial charge in [-0.25, -0.2) is 0 Å². The molecule has 5 aliphatic rings. The molecule has 0 aliphatic carbocycles. The van der Waals surface area contributed by atoms with E-state index in [4.69, 9.17) is 23.7 Å². The number of rotatable bonds is 11. The Morgan fingerprint density at radius 1 is 0.697 bits per heavy atom. The van der Waals surface area contributed by atoms with Gasteiger partial charge in [-0.2, -0.15) is 0 Å². The maximum Gasteiger partial charge on any atom is 0.0932 e. The average Bonchev–Trinajstić information content (AvgIpc) is 3.45. The molecule has 5 heterocycles. The molecule has 9 unspecified atom stereocenters. The van der Waals surface area contributed by atoms with Gasteiger partial charge in [0.15, 0.2) is 0 Å². The molecule has 5 rings (SSSR count). The lowest BCUT2D eigenvalue weighted by Gasteiger charge is -2.41. The van der Waals surface area contributed by atoms with Crippen LogP contribution < -0.4 is 0 Å². The van der Waals surface area contributed by atoms with Crippen molar-refractivity contribution in [1.29, 1.82) is 0 Å². The second-order valence-electron chi connectivity index (χ2n) is 15.4. The van der Waals surface area contributed by atoms with E-state index in [1.807, 2.05) is 0 Å². The van der Waals surface area contributed by atoms with E-state index in [0.29, 0.717) is 18.3 Å². The van der Waals surface area contributed by atoms with E-state index >= 15 is 0 Å². The second-order valence-corrected chi connectivity index (χ2v) is 15.4. The number of ether oxygens (including phenoxy) is 5. The van der Waals surface area contributed by atoms with Crippen molar-refractivity contribution in [3.8, 4) is 0 Å². The Kier molecular flexibility index (Phi) is 5.17. The molecule has 0 N–H and O–H groups in total. The molecule has 0 amide bonds. The van der Waals surface area contributed by atoms with Crippen LogP contribution in [0.4, 0.5) is 0 Å². The van der Waals surface area contributed by atoms with E-state index in [9.17, 15) is 0 Å². The van der Waals surface area contributed by atoms with Gasteiger partial charge >= 0.3 is 0 Å². The Morgan fingerprint density at radius 2 is 1.12 bits per heavy atom. The lowest BCUT2D eigenvalue weighted by Crippen LogP contribution is -2.42. The molecule has 33 heavy (non-hydrogen) atoms. The molecule has 0 spiro atoms. The first-order valence-corrected chi connectivity index (χ1v) is 13.2. The van der Waals surface area contributed by atoms with Gasteiger partial charge in [-0.05, 0) is 68.1 Å². The van der Waals surface area contributed by atoms with Crippen LogP contribution in [-0.4, -0.2) is 61.0 Å². The highest BCUT2D eigenvalue weighted by atomic mass is 16.6. The summed E-state index contributed by atoms with van der Waals surface area (Å²) in [7, 11) is 0. The fourth-order valence-corrected chi connectivity index (χ4v) is 8.11. The van der Waals surface area contributed by atoms with Gasteiger partial charge < -0.3 is 23.7 Å². The third-order valence-electron chi connectivity index (χ3n) is 9.27. The van der Waals surface area contributed by atoms with Crippen LogP contribution >= 0.6 is 0 Å². The fraction of sp³-hybridized carbons (Fsp3) is 1.00. The van der Waals surface area contributed by atoms with Crippen molar-refractivity contribution in [3.05, 3.63) is 0 Å². The summed E-state index contributed by atoms with van der Waals surface area (Å²) in [4.78, 5) is 0. The highest BCUT2D eigenvalue weighted by molar-refractivity contribution is 5.15. The molecule has 0 saturated carbocycles. The summed E-state index contributed by atoms with van der Waals surface area (Å²) < 4.78 is 30.5. The average molecular weight is 465 g/mol. The molecular formula is C28H48O5. The maximum atomic E-state index is 6.52. The zero-order valence-corrected chi connectivity index (χ0v) is 22.8. The van der Waals surface area contributed by atoms with Crippen molar-refractivity contribution in [1.82, 2.24) is 0 Å². The van der Waals surface area contributed by atoms with Crippen molar-refractivity contribution in [2.75, 3.05) is 19.8 Å². The normalized spacial score (nSPS) is 47.5. The van der Waals surface area contributed by atoms with Crippen molar-refractivity contribution in [2.45, 2.75) is 136 Å². The van der Waals surface area contributed by atoms with Crippen LogP contribution in [0.5, 0.6) is 0 Å². The van der Waals surface area contributed by atoms with E-state index in [0.717, 1.165) is 45.5 Å². The minimum Gasteiger partial charge on any atom is -0.373 e. The van der Waals surface area contributed by atoms with Gasteiger partial charge in [-0.3, -0.25) is 0 Å². The summed E-state index contributed by atoms with van der Waals surface area (Å²) in [6.07, 6.45) is 5.41. The molecule has 5 aliphatic heterocycles. The smallest absolute Gasteiger partial charge is 0.0932 e. The second kappa shape index (κ2) is 6.97. The molecule has 0 aromatic rings. The molecule has 5 fully saturated rings. The monoisotopic (exact) mass is 464 g/mol. The van der Waals surface area contributed by atoms with Crippen LogP contribution in [0.3, 0.4) is 0 Å². The van der Waals surface area contributed by atoms with Crippen molar-refractivity contribution < 1.29 is 23.7 Å². The van der Waals surface area contributed by atoms with E-state index in [1.54, 1.807) is 0 Å². The van der Waals surface area contributed by atoms with Crippen LogP contribution in [0.25, 0.3) is 0 Å². The Bertz CT molecular complexity index is 791. The van der Waals surface area contributed by atoms with Gasteiger partial charge in [-0.1, -0.05) is 48.5 Å². The van der Waals surface area contributed by atoms with Crippen LogP contribution in [0, 0.1) is 21.7 Å². The Balaban J connectivity index is 1.30. The number of epoxide rings is 5. The van der Waals surface area contributed by atoms with Gasteiger partial charge in [0.25, 0.3) is 0 Å².